The zero-order valence-electron chi connectivity index (χ0n) is 11.2. The van der Waals surface area contributed by atoms with Crippen molar-refractivity contribution in [1.29, 1.82) is 0 Å². The fourth-order valence-electron chi connectivity index (χ4n) is 2.20. The molecule has 0 radical (unpaired) electrons. The second-order valence-electron chi connectivity index (χ2n) is 4.81. The summed E-state index contributed by atoms with van der Waals surface area (Å²) in [4.78, 5) is 10.6. The molecule has 1 aliphatic heterocycles. The summed E-state index contributed by atoms with van der Waals surface area (Å²) in [7, 11) is -3.24. The van der Waals surface area contributed by atoms with Crippen LogP contribution in [-0.2, 0) is 14.8 Å². The van der Waals surface area contributed by atoms with Crippen molar-refractivity contribution in [2.45, 2.75) is 19.8 Å². The quantitative estimate of drug-likeness (QED) is 0.866. The van der Waals surface area contributed by atoms with E-state index in [9.17, 15) is 13.2 Å². The monoisotopic (exact) mass is 295 g/mol. The van der Waals surface area contributed by atoms with Crippen LogP contribution in [0.3, 0.4) is 0 Å². The second-order valence-corrected chi connectivity index (χ2v) is 6.82. The second kappa shape index (κ2) is 5.66. The SMILES string of the molecule is Cc1ccc(N2CCCCS2(=O)=O)cc1/C=C/C(=O)O. The van der Waals surface area contributed by atoms with E-state index in [0.717, 1.165) is 18.1 Å². The van der Waals surface area contributed by atoms with Gasteiger partial charge in [-0.15, -0.1) is 0 Å². The van der Waals surface area contributed by atoms with Crippen molar-refractivity contribution in [2.24, 2.45) is 0 Å². The first-order valence-electron chi connectivity index (χ1n) is 6.42. The molecule has 1 heterocycles. The molecule has 0 saturated carbocycles. The number of hydrogen-bond acceptors (Lipinski definition) is 3. The van der Waals surface area contributed by atoms with Gasteiger partial charge >= 0.3 is 5.97 Å². The third-order valence-electron chi connectivity index (χ3n) is 3.31. The van der Waals surface area contributed by atoms with Crippen LogP contribution in [-0.4, -0.2) is 31.8 Å². The van der Waals surface area contributed by atoms with Crippen LogP contribution in [0.15, 0.2) is 24.3 Å². The molecule has 2 rings (SSSR count). The van der Waals surface area contributed by atoms with Gasteiger partial charge in [0.15, 0.2) is 0 Å². The zero-order chi connectivity index (χ0) is 14.8. The molecule has 0 amide bonds. The molecule has 1 aromatic rings. The third-order valence-corrected chi connectivity index (χ3v) is 5.18. The average molecular weight is 295 g/mol. The lowest BCUT2D eigenvalue weighted by molar-refractivity contribution is -0.131. The Kier molecular flexibility index (Phi) is 4.13. The fraction of sp³-hybridized carbons (Fsp3) is 0.357. The molecule has 0 spiro atoms. The van der Waals surface area contributed by atoms with Gasteiger partial charge in [-0.3, -0.25) is 4.31 Å². The predicted molar refractivity (Wildman–Crippen MR) is 78.2 cm³/mol. The number of carboxylic acids is 1. The number of nitrogens with zero attached hydrogens (tertiary/aromatic N) is 1. The molecule has 20 heavy (non-hydrogen) atoms. The van der Waals surface area contributed by atoms with E-state index < -0.39 is 16.0 Å². The number of anilines is 1. The molecular formula is C14H17NO4S. The number of carboxylic acid groups (broad SMARTS) is 1. The Labute approximate surface area is 118 Å². The van der Waals surface area contributed by atoms with Gasteiger partial charge in [0.25, 0.3) is 0 Å². The Hall–Kier alpha value is -1.82. The molecule has 0 unspecified atom stereocenters. The van der Waals surface area contributed by atoms with E-state index in [-0.39, 0.29) is 5.75 Å². The number of carbonyl (C=O) groups is 1. The van der Waals surface area contributed by atoms with E-state index >= 15 is 0 Å². The Morgan fingerprint density at radius 2 is 2.10 bits per heavy atom. The summed E-state index contributed by atoms with van der Waals surface area (Å²) >= 11 is 0. The van der Waals surface area contributed by atoms with Crippen molar-refractivity contribution in [3.8, 4) is 0 Å². The van der Waals surface area contributed by atoms with Crippen LogP contribution in [0, 0.1) is 6.92 Å². The Morgan fingerprint density at radius 3 is 2.75 bits per heavy atom. The topological polar surface area (TPSA) is 74.7 Å². The van der Waals surface area contributed by atoms with E-state index in [0.29, 0.717) is 24.2 Å². The summed E-state index contributed by atoms with van der Waals surface area (Å²) in [6.45, 7) is 2.34. The smallest absolute Gasteiger partial charge is 0.328 e. The van der Waals surface area contributed by atoms with Gasteiger partial charge in [0, 0.05) is 12.6 Å². The maximum atomic E-state index is 12.1. The molecule has 0 bridgehead atoms. The van der Waals surface area contributed by atoms with Crippen LogP contribution in [0.5, 0.6) is 0 Å². The first-order chi connectivity index (χ1) is 9.40. The summed E-state index contributed by atoms with van der Waals surface area (Å²) in [6.07, 6.45) is 4.07. The Morgan fingerprint density at radius 1 is 1.35 bits per heavy atom. The molecule has 1 aromatic carbocycles. The van der Waals surface area contributed by atoms with E-state index in [1.165, 1.54) is 10.4 Å². The summed E-state index contributed by atoms with van der Waals surface area (Å²) in [5.74, 6) is -0.860. The molecule has 5 nitrogen and oxygen atoms in total. The minimum absolute atomic E-state index is 0.168. The minimum atomic E-state index is -3.24. The van der Waals surface area contributed by atoms with Crippen molar-refractivity contribution < 1.29 is 18.3 Å². The Bertz CT molecular complexity index is 649. The number of aryl methyl sites for hydroxylation is 1. The molecule has 0 aliphatic carbocycles. The highest BCUT2D eigenvalue weighted by molar-refractivity contribution is 7.92. The van der Waals surface area contributed by atoms with Crippen LogP contribution in [0.2, 0.25) is 0 Å². The van der Waals surface area contributed by atoms with Gasteiger partial charge < -0.3 is 5.11 Å². The van der Waals surface area contributed by atoms with Crippen molar-refractivity contribution in [2.75, 3.05) is 16.6 Å². The Balaban J connectivity index is 2.38. The maximum Gasteiger partial charge on any atom is 0.328 e. The predicted octanol–water partition coefficient (Wildman–Crippen LogP) is 2.02. The lowest BCUT2D eigenvalue weighted by Crippen LogP contribution is -2.37. The van der Waals surface area contributed by atoms with Gasteiger partial charge in [0.1, 0.15) is 0 Å². The standard InChI is InChI=1S/C14H17NO4S/c1-11-4-6-13(10-12(11)5-7-14(16)17)15-8-2-3-9-20(15,18)19/h4-7,10H,2-3,8-9H2,1H3,(H,16,17)/b7-5+. The number of rotatable bonds is 3. The molecular weight excluding hydrogens is 278 g/mol. The van der Waals surface area contributed by atoms with Crippen molar-refractivity contribution >= 4 is 27.8 Å². The maximum absolute atomic E-state index is 12.1. The molecule has 1 fully saturated rings. The fourth-order valence-corrected chi connectivity index (χ4v) is 3.83. The van der Waals surface area contributed by atoms with Crippen LogP contribution in [0.25, 0.3) is 6.08 Å². The van der Waals surface area contributed by atoms with E-state index in [1.807, 2.05) is 6.92 Å². The average Bonchev–Trinajstić information content (AvgIpc) is 2.37. The zero-order valence-corrected chi connectivity index (χ0v) is 12.1. The lowest BCUT2D eigenvalue weighted by atomic mass is 10.1. The third kappa shape index (κ3) is 3.19. The number of sulfonamides is 1. The van der Waals surface area contributed by atoms with Gasteiger partial charge in [0.2, 0.25) is 10.0 Å². The number of benzene rings is 1. The molecule has 1 N–H and O–H groups in total. The van der Waals surface area contributed by atoms with Crippen LogP contribution in [0.4, 0.5) is 5.69 Å². The molecule has 6 heteroatoms. The molecule has 1 aliphatic rings. The first kappa shape index (κ1) is 14.6. The van der Waals surface area contributed by atoms with Gasteiger partial charge in [0.05, 0.1) is 11.4 Å². The van der Waals surface area contributed by atoms with Crippen molar-refractivity contribution in [3.63, 3.8) is 0 Å². The van der Waals surface area contributed by atoms with Crippen molar-refractivity contribution in [3.05, 3.63) is 35.4 Å². The molecule has 0 aromatic heterocycles. The van der Waals surface area contributed by atoms with Gasteiger partial charge in [-0.25, -0.2) is 13.2 Å². The summed E-state index contributed by atoms with van der Waals surface area (Å²) in [5.41, 5.74) is 2.21. The molecule has 0 atom stereocenters. The number of hydrogen-bond donors (Lipinski definition) is 1. The van der Waals surface area contributed by atoms with E-state index in [2.05, 4.69) is 0 Å². The van der Waals surface area contributed by atoms with Gasteiger partial charge in [-0.2, -0.15) is 0 Å². The highest BCUT2D eigenvalue weighted by Gasteiger charge is 2.26. The van der Waals surface area contributed by atoms with Gasteiger partial charge in [-0.05, 0) is 49.1 Å². The van der Waals surface area contributed by atoms with E-state index in [4.69, 9.17) is 5.11 Å². The number of aliphatic carboxylic acids is 1. The van der Waals surface area contributed by atoms with Crippen molar-refractivity contribution in [1.82, 2.24) is 0 Å². The summed E-state index contributed by atoms with van der Waals surface area (Å²) in [5, 5.41) is 8.67. The van der Waals surface area contributed by atoms with Crippen LogP contribution >= 0.6 is 0 Å². The lowest BCUT2D eigenvalue weighted by Gasteiger charge is -2.28. The van der Waals surface area contributed by atoms with Crippen LogP contribution in [0.1, 0.15) is 24.0 Å². The molecule has 1 saturated heterocycles. The largest absolute Gasteiger partial charge is 0.478 e. The van der Waals surface area contributed by atoms with E-state index in [1.54, 1.807) is 18.2 Å². The minimum Gasteiger partial charge on any atom is -0.478 e. The van der Waals surface area contributed by atoms with Crippen LogP contribution < -0.4 is 4.31 Å². The first-order valence-corrected chi connectivity index (χ1v) is 8.03. The summed E-state index contributed by atoms with van der Waals surface area (Å²) in [6, 6.07) is 5.29. The highest BCUT2D eigenvalue weighted by atomic mass is 32.2. The summed E-state index contributed by atoms with van der Waals surface area (Å²) < 4.78 is 25.5. The molecule has 108 valence electrons. The highest BCUT2D eigenvalue weighted by Crippen LogP contribution is 2.26. The van der Waals surface area contributed by atoms with Gasteiger partial charge in [-0.1, -0.05) is 6.07 Å². The normalized spacial score (nSPS) is 18.4.